The largest absolute Gasteiger partial charge is 0.298 e. The molecule has 4 rings (SSSR count). The minimum Gasteiger partial charge on any atom is -0.298 e. The van der Waals surface area contributed by atoms with E-state index in [0.717, 1.165) is 35.4 Å². The van der Waals surface area contributed by atoms with Crippen LogP contribution in [0.15, 0.2) is 89.9 Å². The molecule has 0 bridgehead atoms. The van der Waals surface area contributed by atoms with E-state index in [2.05, 4.69) is 23.2 Å². The van der Waals surface area contributed by atoms with Gasteiger partial charge in [-0.2, -0.15) is 0 Å². The summed E-state index contributed by atoms with van der Waals surface area (Å²) >= 11 is 0. The Morgan fingerprint density at radius 1 is 0.808 bits per heavy atom. The predicted molar refractivity (Wildman–Crippen MR) is 106 cm³/mol. The van der Waals surface area contributed by atoms with E-state index in [1.807, 2.05) is 66.7 Å². The summed E-state index contributed by atoms with van der Waals surface area (Å²) in [7, 11) is 0. The molecule has 0 unspecified atom stereocenters. The summed E-state index contributed by atoms with van der Waals surface area (Å²) in [5.74, 6) is -0.0629. The lowest BCUT2D eigenvalue weighted by atomic mass is 9.84. The number of benzene rings is 3. The van der Waals surface area contributed by atoms with Crippen LogP contribution in [0.25, 0.3) is 0 Å². The second-order valence-corrected chi connectivity index (χ2v) is 6.63. The molecular formula is C24H21NO. The summed E-state index contributed by atoms with van der Waals surface area (Å²) in [4.78, 5) is 18.0. The van der Waals surface area contributed by atoms with Crippen LogP contribution in [0.1, 0.15) is 34.6 Å². The van der Waals surface area contributed by atoms with Gasteiger partial charge in [-0.1, -0.05) is 84.9 Å². The Morgan fingerprint density at radius 2 is 1.38 bits per heavy atom. The molecular weight excluding hydrogens is 318 g/mol. The molecule has 2 nitrogen and oxygen atoms in total. The predicted octanol–water partition coefficient (Wildman–Crippen LogP) is 4.82. The lowest BCUT2D eigenvalue weighted by molar-refractivity contribution is -0.118. The van der Waals surface area contributed by atoms with E-state index in [1.54, 1.807) is 0 Å². The van der Waals surface area contributed by atoms with Gasteiger partial charge in [0.15, 0.2) is 5.78 Å². The van der Waals surface area contributed by atoms with Crippen LogP contribution in [0.2, 0.25) is 0 Å². The first-order valence-corrected chi connectivity index (χ1v) is 9.07. The number of hydrogen-bond acceptors (Lipinski definition) is 2. The molecule has 1 aliphatic rings. The second-order valence-electron chi connectivity index (χ2n) is 6.63. The number of nitrogens with zero attached hydrogens (tertiary/aromatic N) is 1. The topological polar surface area (TPSA) is 29.4 Å². The lowest BCUT2D eigenvalue weighted by Crippen LogP contribution is -2.21. The van der Waals surface area contributed by atoms with Crippen molar-refractivity contribution in [2.24, 2.45) is 4.99 Å². The van der Waals surface area contributed by atoms with Crippen LogP contribution in [0.4, 0.5) is 0 Å². The maximum Gasteiger partial charge on any atom is 0.150 e. The number of Topliss-reactive ketones (excluding diaryl/α,β-unsaturated/α-hetero) is 1. The van der Waals surface area contributed by atoms with Gasteiger partial charge < -0.3 is 0 Å². The number of hydrogen-bond donors (Lipinski definition) is 0. The highest BCUT2D eigenvalue weighted by Gasteiger charge is 2.25. The van der Waals surface area contributed by atoms with Gasteiger partial charge in [0, 0.05) is 18.7 Å². The van der Waals surface area contributed by atoms with Crippen LogP contribution in [0, 0.1) is 0 Å². The number of aliphatic imine (C=N–C) groups is 1. The Kier molecular flexibility index (Phi) is 4.74. The molecule has 26 heavy (non-hydrogen) atoms. The molecule has 0 fully saturated rings. The molecule has 0 spiro atoms. The van der Waals surface area contributed by atoms with Crippen LogP contribution < -0.4 is 0 Å². The van der Waals surface area contributed by atoms with E-state index >= 15 is 0 Å². The van der Waals surface area contributed by atoms with Crippen LogP contribution in [0.3, 0.4) is 0 Å². The maximum atomic E-state index is 13.3. The Bertz CT molecular complexity index is 889. The number of ketones is 1. The van der Waals surface area contributed by atoms with E-state index in [-0.39, 0.29) is 11.7 Å². The molecule has 1 aliphatic heterocycles. The lowest BCUT2D eigenvalue weighted by Gasteiger charge is -2.20. The highest BCUT2D eigenvalue weighted by atomic mass is 16.1. The molecule has 2 heteroatoms. The zero-order chi connectivity index (χ0) is 17.8. The molecule has 1 heterocycles. The van der Waals surface area contributed by atoms with E-state index < -0.39 is 0 Å². The number of carbonyl (C=O) groups excluding carboxylic acids is 1. The van der Waals surface area contributed by atoms with E-state index in [4.69, 9.17) is 0 Å². The summed E-state index contributed by atoms with van der Waals surface area (Å²) < 4.78 is 0. The van der Waals surface area contributed by atoms with Crippen LogP contribution in [0.5, 0.6) is 0 Å². The molecule has 3 aromatic carbocycles. The van der Waals surface area contributed by atoms with Crippen LogP contribution in [-0.2, 0) is 11.2 Å². The highest BCUT2D eigenvalue weighted by Crippen LogP contribution is 2.28. The monoisotopic (exact) mass is 339 g/mol. The van der Waals surface area contributed by atoms with Crippen LogP contribution >= 0.6 is 0 Å². The Labute approximate surface area is 154 Å². The smallest absolute Gasteiger partial charge is 0.150 e. The molecule has 0 aliphatic carbocycles. The van der Waals surface area contributed by atoms with E-state index in [0.29, 0.717) is 6.42 Å². The van der Waals surface area contributed by atoms with Gasteiger partial charge in [-0.15, -0.1) is 0 Å². The Hall–Kier alpha value is -3.00. The molecule has 0 saturated carbocycles. The summed E-state index contributed by atoms with van der Waals surface area (Å²) in [6, 6.07) is 28.4. The summed E-state index contributed by atoms with van der Waals surface area (Å²) in [5.41, 5.74) is 5.42. The van der Waals surface area contributed by atoms with Crippen molar-refractivity contribution in [3.63, 3.8) is 0 Å². The molecule has 0 radical (unpaired) electrons. The van der Waals surface area contributed by atoms with Gasteiger partial charge in [0.1, 0.15) is 0 Å². The standard InChI is InChI=1S/C24H21NO/c26-23(17-22-21-14-8-7-9-18(21)15-16-25-22)24(19-10-3-1-4-11-19)20-12-5-2-6-13-20/h1-14,24H,15-17H2. The van der Waals surface area contributed by atoms with Crippen molar-refractivity contribution in [3.05, 3.63) is 107 Å². The first kappa shape index (κ1) is 16.5. The summed E-state index contributed by atoms with van der Waals surface area (Å²) in [5, 5.41) is 0. The molecule has 0 N–H and O–H groups in total. The van der Waals surface area contributed by atoms with Crippen molar-refractivity contribution in [1.82, 2.24) is 0 Å². The second kappa shape index (κ2) is 7.49. The quantitative estimate of drug-likeness (QED) is 0.655. The van der Waals surface area contributed by atoms with Crippen molar-refractivity contribution < 1.29 is 4.79 Å². The number of carbonyl (C=O) groups is 1. The fraction of sp³-hybridized carbons (Fsp3) is 0.167. The Morgan fingerprint density at radius 3 is 2.04 bits per heavy atom. The fourth-order valence-electron chi connectivity index (χ4n) is 3.69. The van der Waals surface area contributed by atoms with Crippen molar-refractivity contribution >= 4 is 11.5 Å². The average molecular weight is 339 g/mol. The summed E-state index contributed by atoms with van der Waals surface area (Å²) in [6.07, 6.45) is 1.32. The minimum absolute atomic E-state index is 0.192. The van der Waals surface area contributed by atoms with E-state index in [1.165, 1.54) is 5.56 Å². The van der Waals surface area contributed by atoms with Gasteiger partial charge >= 0.3 is 0 Å². The fourth-order valence-corrected chi connectivity index (χ4v) is 3.69. The third kappa shape index (κ3) is 3.36. The van der Waals surface area contributed by atoms with Gasteiger partial charge in [0.2, 0.25) is 0 Å². The minimum atomic E-state index is -0.255. The van der Waals surface area contributed by atoms with Crippen molar-refractivity contribution in [1.29, 1.82) is 0 Å². The zero-order valence-corrected chi connectivity index (χ0v) is 14.6. The normalized spacial score (nSPS) is 13.2. The SMILES string of the molecule is O=C(CC1=NCCc2ccccc21)C(c1ccccc1)c1ccccc1. The molecule has 0 aromatic heterocycles. The maximum absolute atomic E-state index is 13.3. The van der Waals surface area contributed by atoms with Gasteiger partial charge in [-0.05, 0) is 28.7 Å². The molecule has 128 valence electrons. The third-order valence-corrected chi connectivity index (χ3v) is 4.94. The van der Waals surface area contributed by atoms with Gasteiger partial charge in [0.05, 0.1) is 5.92 Å². The van der Waals surface area contributed by atoms with Gasteiger partial charge in [0.25, 0.3) is 0 Å². The molecule has 0 atom stereocenters. The number of fused-ring (bicyclic) bond motifs is 1. The molecule has 0 saturated heterocycles. The van der Waals surface area contributed by atoms with Crippen molar-refractivity contribution in [3.8, 4) is 0 Å². The summed E-state index contributed by atoms with van der Waals surface area (Å²) in [6.45, 7) is 0.765. The average Bonchev–Trinajstić information content (AvgIpc) is 2.70. The van der Waals surface area contributed by atoms with Gasteiger partial charge in [-0.25, -0.2) is 0 Å². The van der Waals surface area contributed by atoms with Crippen molar-refractivity contribution in [2.45, 2.75) is 18.8 Å². The van der Waals surface area contributed by atoms with Crippen LogP contribution in [-0.4, -0.2) is 18.0 Å². The third-order valence-electron chi connectivity index (χ3n) is 4.94. The first-order valence-electron chi connectivity index (χ1n) is 9.07. The van der Waals surface area contributed by atoms with E-state index in [9.17, 15) is 4.79 Å². The Balaban J connectivity index is 1.67. The van der Waals surface area contributed by atoms with Crippen molar-refractivity contribution in [2.75, 3.05) is 6.54 Å². The van der Waals surface area contributed by atoms with Gasteiger partial charge in [-0.3, -0.25) is 9.79 Å². The molecule has 0 amide bonds. The first-order chi connectivity index (χ1) is 12.8. The zero-order valence-electron chi connectivity index (χ0n) is 14.6. The molecule has 3 aromatic rings. The number of rotatable bonds is 5. The highest BCUT2D eigenvalue weighted by molar-refractivity contribution is 6.14.